The first-order chi connectivity index (χ1) is 8.41. The largest absolute Gasteiger partial charge is 0.443 e. The van der Waals surface area contributed by atoms with Gasteiger partial charge in [0.25, 0.3) is 0 Å². The molecule has 2 N–H and O–H groups in total. The Morgan fingerprint density at radius 1 is 1.33 bits per heavy atom. The smallest absolute Gasteiger partial charge is 0.326 e. The SMILES string of the molecule is NCc1ccc(Cl)cc1-c1cnc(C(F)(F)F)s1. The monoisotopic (exact) mass is 292 g/mol. The fourth-order valence-electron chi connectivity index (χ4n) is 1.49. The van der Waals surface area contributed by atoms with E-state index in [9.17, 15) is 13.2 Å². The second kappa shape index (κ2) is 4.87. The molecule has 0 fully saturated rings. The van der Waals surface area contributed by atoms with Crippen LogP contribution < -0.4 is 5.73 Å². The van der Waals surface area contributed by atoms with Gasteiger partial charge in [-0.25, -0.2) is 4.98 Å². The lowest BCUT2D eigenvalue weighted by molar-refractivity contribution is -0.137. The fraction of sp³-hybridized carbons (Fsp3) is 0.182. The summed E-state index contributed by atoms with van der Waals surface area (Å²) in [4.78, 5) is 3.79. The standard InChI is InChI=1S/C11H8ClF3N2S/c12-7-2-1-6(4-16)8(3-7)9-5-17-10(18-9)11(13,14)15/h1-3,5H,4,16H2. The molecule has 96 valence electrons. The summed E-state index contributed by atoms with van der Waals surface area (Å²) >= 11 is 6.42. The molecule has 0 amide bonds. The van der Waals surface area contributed by atoms with Crippen molar-refractivity contribution in [3.63, 3.8) is 0 Å². The van der Waals surface area contributed by atoms with E-state index >= 15 is 0 Å². The molecule has 18 heavy (non-hydrogen) atoms. The molecule has 2 rings (SSSR count). The Labute approximate surface area is 110 Å². The summed E-state index contributed by atoms with van der Waals surface area (Å²) in [7, 11) is 0. The molecule has 0 atom stereocenters. The van der Waals surface area contributed by atoms with Gasteiger partial charge in [0.15, 0.2) is 5.01 Å². The maximum atomic E-state index is 12.5. The molecule has 2 aromatic rings. The molecule has 0 saturated heterocycles. The lowest BCUT2D eigenvalue weighted by atomic mass is 10.1. The number of rotatable bonds is 2. The summed E-state index contributed by atoms with van der Waals surface area (Å²) in [5, 5.41) is -0.426. The Hall–Kier alpha value is -1.11. The number of nitrogens with zero attached hydrogens (tertiary/aromatic N) is 1. The van der Waals surface area contributed by atoms with E-state index in [-0.39, 0.29) is 6.54 Å². The van der Waals surface area contributed by atoms with Crippen molar-refractivity contribution in [2.75, 3.05) is 0 Å². The highest BCUT2D eigenvalue weighted by atomic mass is 35.5. The number of aromatic nitrogens is 1. The molecule has 0 radical (unpaired) electrons. The topological polar surface area (TPSA) is 38.9 Å². The minimum Gasteiger partial charge on any atom is -0.326 e. The summed E-state index contributed by atoms with van der Waals surface area (Å²) in [5.41, 5.74) is 6.88. The highest BCUT2D eigenvalue weighted by molar-refractivity contribution is 7.15. The van der Waals surface area contributed by atoms with Crippen molar-refractivity contribution in [1.29, 1.82) is 0 Å². The summed E-state index contributed by atoms with van der Waals surface area (Å²) in [6.45, 7) is 0.228. The molecule has 2 nitrogen and oxygen atoms in total. The van der Waals surface area contributed by atoms with Crippen LogP contribution >= 0.6 is 22.9 Å². The third kappa shape index (κ3) is 2.66. The van der Waals surface area contributed by atoms with Gasteiger partial charge in [0, 0.05) is 17.8 Å². The van der Waals surface area contributed by atoms with Gasteiger partial charge in [-0.05, 0) is 23.3 Å². The van der Waals surface area contributed by atoms with E-state index in [2.05, 4.69) is 4.98 Å². The summed E-state index contributed by atoms with van der Waals surface area (Å²) in [5.74, 6) is 0. The van der Waals surface area contributed by atoms with Crippen LogP contribution in [0.2, 0.25) is 5.02 Å². The number of hydrogen-bond acceptors (Lipinski definition) is 3. The molecular formula is C11H8ClF3N2S. The van der Waals surface area contributed by atoms with Gasteiger partial charge in [0.05, 0.1) is 4.88 Å². The maximum absolute atomic E-state index is 12.5. The van der Waals surface area contributed by atoms with Crippen LogP contribution in [-0.4, -0.2) is 4.98 Å². The molecule has 1 heterocycles. The van der Waals surface area contributed by atoms with Gasteiger partial charge < -0.3 is 5.73 Å². The number of halogens is 4. The number of alkyl halides is 3. The summed E-state index contributed by atoms with van der Waals surface area (Å²) < 4.78 is 37.4. The molecule has 0 aliphatic heterocycles. The van der Waals surface area contributed by atoms with Gasteiger partial charge in [0.1, 0.15) is 0 Å². The molecule has 0 bridgehead atoms. The first-order valence-electron chi connectivity index (χ1n) is 4.93. The van der Waals surface area contributed by atoms with Crippen LogP contribution in [0.1, 0.15) is 10.6 Å². The van der Waals surface area contributed by atoms with E-state index in [4.69, 9.17) is 17.3 Å². The zero-order chi connectivity index (χ0) is 13.3. The van der Waals surface area contributed by atoms with Crippen LogP contribution in [0.4, 0.5) is 13.2 Å². The van der Waals surface area contributed by atoms with Crippen molar-refractivity contribution in [3.05, 3.63) is 40.0 Å². The fourth-order valence-corrected chi connectivity index (χ4v) is 2.49. The molecular weight excluding hydrogens is 285 g/mol. The van der Waals surface area contributed by atoms with Gasteiger partial charge in [-0.2, -0.15) is 13.2 Å². The minimum atomic E-state index is -4.43. The van der Waals surface area contributed by atoms with E-state index in [0.717, 1.165) is 5.56 Å². The second-order valence-corrected chi connectivity index (χ2v) is 5.00. The summed E-state index contributed by atoms with van der Waals surface area (Å²) in [6.07, 6.45) is -3.23. The molecule has 0 spiro atoms. The molecule has 1 aromatic carbocycles. The van der Waals surface area contributed by atoms with Crippen LogP contribution in [0.15, 0.2) is 24.4 Å². The Morgan fingerprint density at radius 2 is 2.06 bits per heavy atom. The zero-order valence-corrected chi connectivity index (χ0v) is 10.5. The quantitative estimate of drug-likeness (QED) is 0.910. The zero-order valence-electron chi connectivity index (χ0n) is 8.96. The van der Waals surface area contributed by atoms with Gasteiger partial charge in [-0.3, -0.25) is 0 Å². The number of benzene rings is 1. The minimum absolute atomic E-state index is 0.228. The highest BCUT2D eigenvalue weighted by Gasteiger charge is 2.34. The van der Waals surface area contributed by atoms with Crippen LogP contribution in [0.5, 0.6) is 0 Å². The normalized spacial score (nSPS) is 11.8. The van der Waals surface area contributed by atoms with Gasteiger partial charge in [0.2, 0.25) is 0 Å². The van der Waals surface area contributed by atoms with E-state index in [1.54, 1.807) is 18.2 Å². The third-order valence-corrected chi connectivity index (χ3v) is 3.62. The molecule has 0 aliphatic carbocycles. The van der Waals surface area contributed by atoms with Gasteiger partial charge >= 0.3 is 6.18 Å². The van der Waals surface area contributed by atoms with Crippen molar-refractivity contribution in [2.45, 2.75) is 12.7 Å². The van der Waals surface area contributed by atoms with Crippen LogP contribution in [0.3, 0.4) is 0 Å². The number of nitrogens with two attached hydrogens (primary N) is 1. The van der Waals surface area contributed by atoms with Gasteiger partial charge in [-0.1, -0.05) is 17.7 Å². The van der Waals surface area contributed by atoms with E-state index in [0.29, 0.717) is 26.8 Å². The van der Waals surface area contributed by atoms with E-state index in [1.807, 2.05) is 0 Å². The Bertz CT molecular complexity index is 566. The third-order valence-electron chi connectivity index (χ3n) is 2.31. The van der Waals surface area contributed by atoms with E-state index < -0.39 is 11.2 Å². The first kappa shape index (κ1) is 13.3. The van der Waals surface area contributed by atoms with Crippen molar-refractivity contribution in [3.8, 4) is 10.4 Å². The highest BCUT2D eigenvalue weighted by Crippen LogP contribution is 2.37. The average molecular weight is 293 g/mol. The average Bonchev–Trinajstić information content (AvgIpc) is 2.77. The lowest BCUT2D eigenvalue weighted by Gasteiger charge is -2.05. The molecule has 1 aromatic heterocycles. The maximum Gasteiger partial charge on any atom is 0.443 e. The lowest BCUT2D eigenvalue weighted by Crippen LogP contribution is -2.02. The number of thiazole rings is 1. The first-order valence-corrected chi connectivity index (χ1v) is 6.13. The summed E-state index contributed by atoms with van der Waals surface area (Å²) in [6, 6.07) is 4.95. The predicted molar refractivity (Wildman–Crippen MR) is 65.5 cm³/mol. The van der Waals surface area contributed by atoms with E-state index in [1.165, 1.54) is 6.20 Å². The van der Waals surface area contributed by atoms with Crippen molar-refractivity contribution < 1.29 is 13.2 Å². The van der Waals surface area contributed by atoms with Gasteiger partial charge in [-0.15, -0.1) is 11.3 Å². The van der Waals surface area contributed by atoms with Crippen molar-refractivity contribution in [1.82, 2.24) is 4.98 Å². The van der Waals surface area contributed by atoms with Crippen LogP contribution in [-0.2, 0) is 12.7 Å². The Morgan fingerprint density at radius 3 is 2.61 bits per heavy atom. The predicted octanol–water partition coefficient (Wildman–Crippen LogP) is 3.94. The molecule has 0 aliphatic rings. The molecule has 7 heteroatoms. The molecule has 0 saturated carbocycles. The number of hydrogen-bond donors (Lipinski definition) is 1. The van der Waals surface area contributed by atoms with Crippen LogP contribution in [0, 0.1) is 0 Å². The second-order valence-electron chi connectivity index (χ2n) is 3.53. The molecule has 0 unspecified atom stereocenters. The Kier molecular flexibility index (Phi) is 3.61. The van der Waals surface area contributed by atoms with Crippen molar-refractivity contribution >= 4 is 22.9 Å². The van der Waals surface area contributed by atoms with Crippen LogP contribution in [0.25, 0.3) is 10.4 Å². The Balaban J connectivity index is 2.49. The van der Waals surface area contributed by atoms with Crippen molar-refractivity contribution in [2.24, 2.45) is 5.73 Å².